The van der Waals surface area contributed by atoms with Crippen molar-refractivity contribution in [3.05, 3.63) is 0 Å². The second-order valence-corrected chi connectivity index (χ2v) is 5.91. The van der Waals surface area contributed by atoms with E-state index in [4.69, 9.17) is 0 Å². The van der Waals surface area contributed by atoms with Gasteiger partial charge in [-0.1, -0.05) is 20.8 Å². The van der Waals surface area contributed by atoms with Gasteiger partial charge in [0.1, 0.15) is 0 Å². The minimum absolute atomic E-state index is 0. The first-order chi connectivity index (χ1) is 6.81. The first-order valence-corrected chi connectivity index (χ1v) is 6.86. The molecule has 16 heavy (non-hydrogen) atoms. The van der Waals surface area contributed by atoms with Crippen molar-refractivity contribution >= 4 is 113 Å². The van der Waals surface area contributed by atoms with Crippen molar-refractivity contribution in [2.75, 3.05) is 0 Å². The van der Waals surface area contributed by atoms with Gasteiger partial charge >= 0.3 is 26.2 Å². The Kier molecular flexibility index (Phi) is 36.3. The Hall–Kier alpha value is 1.81. The van der Waals surface area contributed by atoms with E-state index in [0.717, 1.165) is 19.3 Å². The Morgan fingerprint density at radius 1 is 0.688 bits per heavy atom. The van der Waals surface area contributed by atoms with Crippen LogP contribution in [-0.4, -0.2) is 38.8 Å². The van der Waals surface area contributed by atoms with Gasteiger partial charge in [0.2, 0.25) is 0 Å². The van der Waals surface area contributed by atoms with Gasteiger partial charge in [0, 0.05) is 0 Å². The Morgan fingerprint density at radius 3 is 0.750 bits per heavy atom. The van der Waals surface area contributed by atoms with Crippen LogP contribution in [0.15, 0.2) is 0 Å². The summed E-state index contributed by atoms with van der Waals surface area (Å²) in [6, 6.07) is 0. The zero-order valence-corrected chi connectivity index (χ0v) is 17.9. The SMILES string of the molecule is CCC(=S)[S-].CCC(=S)[S-].CCC(=S)[S-].[Bi+3]. The average Bonchev–Trinajstić information content (AvgIpc) is 2.19. The summed E-state index contributed by atoms with van der Waals surface area (Å²) in [4.78, 5) is 0. The van der Waals surface area contributed by atoms with Crippen LogP contribution in [0.1, 0.15) is 40.0 Å². The normalized spacial score (nSPS) is 6.94. The average molecular weight is 525 g/mol. The van der Waals surface area contributed by atoms with Gasteiger partial charge in [-0.3, -0.25) is 0 Å². The molecule has 7 heteroatoms. The monoisotopic (exact) mass is 524 g/mol. The van der Waals surface area contributed by atoms with Gasteiger partial charge in [-0.05, 0) is 19.3 Å². The van der Waals surface area contributed by atoms with Crippen molar-refractivity contribution in [2.45, 2.75) is 40.0 Å². The standard InChI is InChI=1S/3C3H6S2.Bi/c3*1-2-3(4)5;/h3*2H2,1H3,(H,4,5);/q;;;+3/p-3. The molecule has 0 aliphatic heterocycles. The van der Waals surface area contributed by atoms with Crippen LogP contribution >= 0.6 is 36.7 Å². The maximum atomic E-state index is 4.51. The molecular formula is C9H15BiS6. The summed E-state index contributed by atoms with van der Waals surface area (Å²) in [6.45, 7) is 5.86. The van der Waals surface area contributed by atoms with Gasteiger partial charge in [0.15, 0.2) is 0 Å². The fraction of sp³-hybridized carbons (Fsp3) is 0.667. The van der Waals surface area contributed by atoms with E-state index < -0.39 is 0 Å². The molecule has 0 saturated heterocycles. The van der Waals surface area contributed by atoms with E-state index >= 15 is 0 Å². The maximum Gasteiger partial charge on any atom is 3.00 e. The fourth-order valence-electron chi connectivity index (χ4n) is 0. The summed E-state index contributed by atoms with van der Waals surface area (Å²) in [6.07, 6.45) is 2.56. The molecule has 0 fully saturated rings. The number of thiocarbonyl (C=S) groups is 3. The quantitative estimate of drug-likeness (QED) is 0.313. The maximum absolute atomic E-state index is 4.51. The summed E-state index contributed by atoms with van der Waals surface area (Å²) in [5.74, 6) is 0. The van der Waals surface area contributed by atoms with E-state index in [0.29, 0.717) is 12.6 Å². The largest absolute Gasteiger partial charge is 3.00 e. The smallest absolute Gasteiger partial charge is 0.433 e. The van der Waals surface area contributed by atoms with E-state index in [1.807, 2.05) is 20.8 Å². The summed E-state index contributed by atoms with van der Waals surface area (Å²) in [5.41, 5.74) is 0. The molecule has 0 bridgehead atoms. The van der Waals surface area contributed by atoms with Gasteiger partial charge in [-0.2, -0.15) is 12.6 Å². The molecule has 0 saturated carbocycles. The molecule has 0 unspecified atom stereocenters. The Balaban J connectivity index is -0.0000000655. The van der Waals surface area contributed by atoms with Gasteiger partial charge in [0.05, 0.1) is 0 Å². The van der Waals surface area contributed by atoms with Crippen molar-refractivity contribution in [3.8, 4) is 0 Å². The van der Waals surface area contributed by atoms with Crippen molar-refractivity contribution in [1.29, 1.82) is 0 Å². The predicted molar refractivity (Wildman–Crippen MR) is 96.5 cm³/mol. The van der Waals surface area contributed by atoms with Crippen LogP contribution in [0, 0.1) is 0 Å². The number of rotatable bonds is 3. The van der Waals surface area contributed by atoms with E-state index in [9.17, 15) is 0 Å². The first-order valence-electron chi connectivity index (χ1n) is 4.41. The third kappa shape index (κ3) is 56.8. The molecule has 0 aromatic heterocycles. The van der Waals surface area contributed by atoms with Gasteiger partial charge in [0.25, 0.3) is 0 Å². The molecule has 0 aliphatic carbocycles. The molecular weight excluding hydrogens is 509 g/mol. The summed E-state index contributed by atoms with van der Waals surface area (Å²) in [7, 11) is 0. The molecule has 0 amide bonds. The van der Waals surface area contributed by atoms with E-state index in [-0.39, 0.29) is 26.2 Å². The van der Waals surface area contributed by atoms with Crippen molar-refractivity contribution in [3.63, 3.8) is 0 Å². The molecule has 0 heterocycles. The summed E-state index contributed by atoms with van der Waals surface area (Å²) >= 11 is 27.1. The first kappa shape index (κ1) is 26.4. The van der Waals surface area contributed by atoms with Crippen molar-refractivity contribution in [1.82, 2.24) is 0 Å². The molecule has 0 aromatic carbocycles. The van der Waals surface area contributed by atoms with Gasteiger partial charge in [-0.15, -0.1) is 0 Å². The molecule has 0 atom stereocenters. The van der Waals surface area contributed by atoms with E-state index in [1.54, 1.807) is 0 Å². The molecule has 2 radical (unpaired) electrons. The molecule has 0 rings (SSSR count). The van der Waals surface area contributed by atoms with Gasteiger partial charge < -0.3 is 74.5 Å². The molecule has 0 spiro atoms. The number of hydrogen-bond acceptors (Lipinski definition) is 6. The van der Waals surface area contributed by atoms with Crippen LogP contribution in [0.25, 0.3) is 0 Å². The molecule has 92 valence electrons. The van der Waals surface area contributed by atoms with Crippen LogP contribution in [0.5, 0.6) is 0 Å². The molecule has 0 nitrogen and oxygen atoms in total. The second-order valence-electron chi connectivity index (χ2n) is 2.18. The van der Waals surface area contributed by atoms with E-state index in [2.05, 4.69) is 74.5 Å². The van der Waals surface area contributed by atoms with Crippen LogP contribution in [-0.2, 0) is 37.9 Å². The molecule has 0 aliphatic rings. The summed E-state index contributed by atoms with van der Waals surface area (Å²) in [5, 5.41) is 0. The number of hydrogen-bond donors (Lipinski definition) is 0. The van der Waals surface area contributed by atoms with Crippen LogP contribution in [0.3, 0.4) is 0 Å². The van der Waals surface area contributed by atoms with E-state index in [1.165, 1.54) is 0 Å². The minimum atomic E-state index is 0. The van der Waals surface area contributed by atoms with Gasteiger partial charge in [-0.25, -0.2) is 0 Å². The zero-order valence-electron chi connectivity index (χ0n) is 9.52. The van der Waals surface area contributed by atoms with Crippen molar-refractivity contribution in [2.24, 2.45) is 0 Å². The zero-order chi connectivity index (χ0) is 12.9. The van der Waals surface area contributed by atoms with Crippen molar-refractivity contribution < 1.29 is 0 Å². The third-order valence-corrected chi connectivity index (χ3v) is 2.60. The topological polar surface area (TPSA) is 0 Å². The van der Waals surface area contributed by atoms with Crippen LogP contribution < -0.4 is 0 Å². The Bertz CT molecular complexity index is 159. The fourth-order valence-corrected chi connectivity index (χ4v) is 0. The Morgan fingerprint density at radius 2 is 0.750 bits per heavy atom. The summed E-state index contributed by atoms with van der Waals surface area (Å²) < 4.78 is 2.01. The Labute approximate surface area is 151 Å². The van der Waals surface area contributed by atoms with Crippen LogP contribution in [0.2, 0.25) is 0 Å². The van der Waals surface area contributed by atoms with Crippen LogP contribution in [0.4, 0.5) is 0 Å². The second kappa shape index (κ2) is 22.0. The third-order valence-electron chi connectivity index (χ3n) is 0.866. The predicted octanol–water partition coefficient (Wildman–Crippen LogP) is 3.43. The minimum Gasteiger partial charge on any atom is -0.433 e. The molecule has 0 aromatic rings. The molecule has 0 N–H and O–H groups in total.